The number of rotatable bonds is 4. The van der Waals surface area contributed by atoms with Gasteiger partial charge in [-0.1, -0.05) is 12.1 Å². The third kappa shape index (κ3) is 3.41. The molecular formula is C20H23FN4O. The number of amides is 1. The number of aromatic nitrogens is 2. The molecule has 1 aromatic heterocycles. The van der Waals surface area contributed by atoms with Gasteiger partial charge in [-0.25, -0.2) is 14.4 Å². The summed E-state index contributed by atoms with van der Waals surface area (Å²) in [5, 5.41) is 3.40. The van der Waals surface area contributed by atoms with Crippen molar-refractivity contribution in [3.63, 3.8) is 0 Å². The second-order valence-corrected chi connectivity index (χ2v) is 7.33. The molecule has 4 rings (SSSR count). The summed E-state index contributed by atoms with van der Waals surface area (Å²) in [7, 11) is 0. The van der Waals surface area contributed by atoms with Gasteiger partial charge in [0.1, 0.15) is 5.82 Å². The normalized spacial score (nSPS) is 25.7. The van der Waals surface area contributed by atoms with Gasteiger partial charge >= 0.3 is 0 Å². The van der Waals surface area contributed by atoms with Crippen molar-refractivity contribution in [2.24, 2.45) is 0 Å². The molecule has 1 amide bonds. The van der Waals surface area contributed by atoms with Gasteiger partial charge in [-0.3, -0.25) is 4.79 Å². The monoisotopic (exact) mass is 354 g/mol. The van der Waals surface area contributed by atoms with Gasteiger partial charge in [0, 0.05) is 36.9 Å². The zero-order chi connectivity index (χ0) is 18.0. The molecule has 2 aliphatic rings. The van der Waals surface area contributed by atoms with E-state index in [-0.39, 0.29) is 17.3 Å². The van der Waals surface area contributed by atoms with E-state index in [4.69, 9.17) is 0 Å². The molecule has 0 radical (unpaired) electrons. The number of nitrogens with one attached hydrogen (secondary N) is 1. The van der Waals surface area contributed by atoms with Gasteiger partial charge in [0.2, 0.25) is 11.9 Å². The highest BCUT2D eigenvalue weighted by atomic mass is 19.1. The molecule has 2 fully saturated rings. The molecule has 0 unspecified atom stereocenters. The fraction of sp³-hybridized carbons (Fsp3) is 0.450. The van der Waals surface area contributed by atoms with Crippen LogP contribution in [-0.4, -0.2) is 32.4 Å². The quantitative estimate of drug-likeness (QED) is 0.912. The molecule has 136 valence electrons. The first-order valence-electron chi connectivity index (χ1n) is 9.23. The fourth-order valence-electron chi connectivity index (χ4n) is 4.32. The first-order chi connectivity index (χ1) is 12.6. The zero-order valence-corrected chi connectivity index (χ0v) is 14.7. The third-order valence-corrected chi connectivity index (χ3v) is 5.72. The van der Waals surface area contributed by atoms with E-state index in [2.05, 4.69) is 15.3 Å². The van der Waals surface area contributed by atoms with Gasteiger partial charge in [-0.15, -0.1) is 0 Å². The average molecular weight is 354 g/mol. The molecule has 5 nitrogen and oxygen atoms in total. The first kappa shape index (κ1) is 16.9. The summed E-state index contributed by atoms with van der Waals surface area (Å²) in [5.74, 6) is 0.596. The van der Waals surface area contributed by atoms with Gasteiger partial charge in [0.05, 0.1) is 0 Å². The fourth-order valence-corrected chi connectivity index (χ4v) is 4.32. The highest BCUT2D eigenvalue weighted by molar-refractivity contribution is 5.79. The standard InChI is InChI=1S/C20H23FN4O/c21-16-4-1-3-15(13-16)14-25-18(26)7-10-20(25)8-5-17(6-9-20)24-19-22-11-2-12-23-19/h1-4,11-13,17H,5-10,14H2,(H,22,23,24). The Bertz CT molecular complexity index is 774. The number of nitrogens with zero attached hydrogens (tertiary/aromatic N) is 3. The van der Waals surface area contributed by atoms with Gasteiger partial charge in [-0.05, 0) is 55.9 Å². The van der Waals surface area contributed by atoms with Crippen LogP contribution < -0.4 is 5.32 Å². The lowest BCUT2D eigenvalue weighted by atomic mass is 9.77. The molecule has 2 aromatic rings. The Morgan fingerprint density at radius 2 is 1.92 bits per heavy atom. The Hall–Kier alpha value is -2.50. The number of likely N-dealkylation sites (tertiary alicyclic amines) is 1. The predicted octanol–water partition coefficient (Wildman–Crippen LogP) is 3.53. The molecule has 1 saturated heterocycles. The molecule has 1 saturated carbocycles. The van der Waals surface area contributed by atoms with Crippen LogP contribution in [0.25, 0.3) is 0 Å². The summed E-state index contributed by atoms with van der Waals surface area (Å²) in [6.07, 6.45) is 8.82. The van der Waals surface area contributed by atoms with Crippen LogP contribution in [0.4, 0.5) is 10.3 Å². The molecule has 1 aromatic carbocycles. The molecule has 1 spiro atoms. The average Bonchev–Trinajstić information content (AvgIpc) is 2.94. The molecule has 1 aliphatic heterocycles. The Labute approximate surface area is 152 Å². The number of anilines is 1. The molecule has 0 bridgehead atoms. The molecular weight excluding hydrogens is 331 g/mol. The van der Waals surface area contributed by atoms with Crippen LogP contribution in [0.3, 0.4) is 0 Å². The van der Waals surface area contributed by atoms with E-state index in [1.54, 1.807) is 24.5 Å². The van der Waals surface area contributed by atoms with Crippen LogP contribution >= 0.6 is 0 Å². The SMILES string of the molecule is O=C1CCC2(CCC(Nc3ncccn3)CC2)N1Cc1cccc(F)c1. The Kier molecular flexibility index (Phi) is 4.57. The van der Waals surface area contributed by atoms with E-state index in [9.17, 15) is 9.18 Å². The Morgan fingerprint density at radius 1 is 1.15 bits per heavy atom. The van der Waals surface area contributed by atoms with Gasteiger partial charge in [0.15, 0.2) is 0 Å². The van der Waals surface area contributed by atoms with E-state index in [0.29, 0.717) is 25.0 Å². The van der Waals surface area contributed by atoms with Crippen molar-refractivity contribution >= 4 is 11.9 Å². The number of carbonyl (C=O) groups excluding carboxylic acids is 1. The van der Waals surface area contributed by atoms with Crippen LogP contribution in [-0.2, 0) is 11.3 Å². The van der Waals surface area contributed by atoms with Crippen molar-refractivity contribution in [2.45, 2.75) is 56.7 Å². The maximum Gasteiger partial charge on any atom is 0.223 e. The minimum Gasteiger partial charge on any atom is -0.351 e. The zero-order valence-electron chi connectivity index (χ0n) is 14.7. The highest BCUT2D eigenvalue weighted by Crippen LogP contribution is 2.43. The van der Waals surface area contributed by atoms with Gasteiger partial charge in [0.25, 0.3) is 0 Å². The molecule has 1 aliphatic carbocycles. The van der Waals surface area contributed by atoms with Crippen molar-refractivity contribution in [1.82, 2.24) is 14.9 Å². The minimum absolute atomic E-state index is 0.0842. The molecule has 26 heavy (non-hydrogen) atoms. The molecule has 0 atom stereocenters. The minimum atomic E-state index is -0.251. The Balaban J connectivity index is 1.43. The maximum absolute atomic E-state index is 13.5. The van der Waals surface area contributed by atoms with E-state index in [0.717, 1.165) is 37.7 Å². The third-order valence-electron chi connectivity index (χ3n) is 5.72. The summed E-state index contributed by atoms with van der Waals surface area (Å²) in [4.78, 5) is 23.0. The number of benzene rings is 1. The van der Waals surface area contributed by atoms with E-state index in [1.165, 1.54) is 12.1 Å². The lowest BCUT2D eigenvalue weighted by Crippen LogP contribution is -2.49. The van der Waals surface area contributed by atoms with Gasteiger partial charge in [-0.2, -0.15) is 0 Å². The second-order valence-electron chi connectivity index (χ2n) is 7.33. The topological polar surface area (TPSA) is 58.1 Å². The molecule has 6 heteroatoms. The summed E-state index contributed by atoms with van der Waals surface area (Å²) in [6, 6.07) is 8.69. The van der Waals surface area contributed by atoms with Crippen molar-refractivity contribution in [3.8, 4) is 0 Å². The van der Waals surface area contributed by atoms with E-state index < -0.39 is 0 Å². The highest BCUT2D eigenvalue weighted by Gasteiger charge is 2.46. The van der Waals surface area contributed by atoms with Crippen molar-refractivity contribution in [2.75, 3.05) is 5.32 Å². The summed E-state index contributed by atoms with van der Waals surface area (Å²) in [5.41, 5.74) is 0.775. The second kappa shape index (κ2) is 7.02. The van der Waals surface area contributed by atoms with E-state index in [1.807, 2.05) is 11.0 Å². The lowest BCUT2D eigenvalue weighted by molar-refractivity contribution is -0.133. The summed E-state index contributed by atoms with van der Waals surface area (Å²) >= 11 is 0. The van der Waals surface area contributed by atoms with Crippen LogP contribution in [0.1, 0.15) is 44.1 Å². The van der Waals surface area contributed by atoms with Crippen molar-refractivity contribution < 1.29 is 9.18 Å². The van der Waals surface area contributed by atoms with Crippen LogP contribution in [0.15, 0.2) is 42.7 Å². The Morgan fingerprint density at radius 3 is 2.65 bits per heavy atom. The number of halogens is 1. The van der Waals surface area contributed by atoms with Crippen molar-refractivity contribution in [1.29, 1.82) is 0 Å². The van der Waals surface area contributed by atoms with Gasteiger partial charge < -0.3 is 10.2 Å². The smallest absolute Gasteiger partial charge is 0.223 e. The number of carbonyl (C=O) groups is 1. The van der Waals surface area contributed by atoms with E-state index >= 15 is 0 Å². The van der Waals surface area contributed by atoms with Crippen LogP contribution in [0.5, 0.6) is 0 Å². The lowest BCUT2D eigenvalue weighted by Gasteiger charge is -2.44. The number of hydrogen-bond donors (Lipinski definition) is 1. The summed E-state index contributed by atoms with van der Waals surface area (Å²) < 4.78 is 13.5. The molecule has 1 N–H and O–H groups in total. The maximum atomic E-state index is 13.5. The van der Waals surface area contributed by atoms with Crippen LogP contribution in [0.2, 0.25) is 0 Å². The largest absolute Gasteiger partial charge is 0.351 e. The van der Waals surface area contributed by atoms with Crippen LogP contribution in [0, 0.1) is 5.82 Å². The first-order valence-corrected chi connectivity index (χ1v) is 9.23. The van der Waals surface area contributed by atoms with Crippen molar-refractivity contribution in [3.05, 3.63) is 54.1 Å². The molecule has 2 heterocycles. The number of hydrogen-bond acceptors (Lipinski definition) is 4. The summed E-state index contributed by atoms with van der Waals surface area (Å²) in [6.45, 7) is 0.497. The predicted molar refractivity (Wildman–Crippen MR) is 96.8 cm³/mol.